The number of hydrazine groups is 2. The van der Waals surface area contributed by atoms with Gasteiger partial charge in [0.1, 0.15) is 6.07 Å². The van der Waals surface area contributed by atoms with E-state index in [2.05, 4.69) is 25.8 Å². The lowest BCUT2D eigenvalue weighted by Gasteiger charge is -2.11. The van der Waals surface area contributed by atoms with Crippen LogP contribution in [-0.4, -0.2) is 42.6 Å². The minimum Gasteiger partial charge on any atom is -0.395 e. The molecule has 27 heavy (non-hydrogen) atoms. The molecule has 0 unspecified atom stereocenters. The molecule has 1 aliphatic rings. The van der Waals surface area contributed by atoms with Gasteiger partial charge in [0.25, 0.3) is 0 Å². The molecule has 0 aliphatic carbocycles. The van der Waals surface area contributed by atoms with Crippen LogP contribution in [-0.2, 0) is 16.6 Å². The molecule has 4 N–H and O–H groups in total. The van der Waals surface area contributed by atoms with Crippen LogP contribution in [0.3, 0.4) is 0 Å². The largest absolute Gasteiger partial charge is 0.395 e. The molecule has 1 aromatic heterocycles. The van der Waals surface area contributed by atoms with Gasteiger partial charge in [-0.1, -0.05) is 0 Å². The van der Waals surface area contributed by atoms with E-state index in [0.717, 1.165) is 5.69 Å². The third-order valence-electron chi connectivity index (χ3n) is 3.63. The lowest BCUT2D eigenvalue weighted by Crippen LogP contribution is -2.38. The monoisotopic (exact) mass is 387 g/mol. The molecule has 0 amide bonds. The van der Waals surface area contributed by atoms with Gasteiger partial charge in [-0.15, -0.1) is 10.6 Å². The van der Waals surface area contributed by atoms with E-state index in [9.17, 15) is 8.42 Å². The fourth-order valence-electron chi connectivity index (χ4n) is 2.29. The van der Waals surface area contributed by atoms with Crippen LogP contribution in [0.25, 0.3) is 0 Å². The van der Waals surface area contributed by atoms with Gasteiger partial charge in [-0.05, 0) is 36.4 Å². The number of hydrogen-bond donors (Lipinski definition) is 4. The Kier molecular flexibility index (Phi) is 5.63. The van der Waals surface area contributed by atoms with Crippen LogP contribution < -0.4 is 15.7 Å². The first-order valence-corrected chi connectivity index (χ1v) is 9.44. The van der Waals surface area contributed by atoms with Crippen LogP contribution >= 0.6 is 0 Å². The quantitative estimate of drug-likeness (QED) is 0.494. The molecule has 0 spiro atoms. The number of nitriles is 1. The van der Waals surface area contributed by atoms with Crippen molar-refractivity contribution in [1.29, 1.82) is 5.26 Å². The van der Waals surface area contributed by atoms with Crippen LogP contribution in [0.15, 0.2) is 52.6 Å². The molecule has 3 rings (SSSR count). The number of aliphatic hydroxyl groups excluding tert-OH is 1. The smallest absolute Gasteiger partial charge is 0.240 e. The zero-order chi connectivity index (χ0) is 19.3. The van der Waals surface area contributed by atoms with Crippen molar-refractivity contribution in [1.82, 2.24) is 25.8 Å². The van der Waals surface area contributed by atoms with E-state index in [1.807, 2.05) is 6.07 Å². The summed E-state index contributed by atoms with van der Waals surface area (Å²) in [6, 6.07) is 11.6. The Labute approximate surface area is 156 Å². The molecule has 0 saturated carbocycles. The number of nitrogens with one attached hydrogen (secondary N) is 3. The Balaban J connectivity index is 1.68. The molecular formula is C16H17N7O3S. The average molecular weight is 387 g/mol. The summed E-state index contributed by atoms with van der Waals surface area (Å²) in [5.41, 5.74) is 7.68. The van der Waals surface area contributed by atoms with Crippen molar-refractivity contribution in [3.05, 3.63) is 59.4 Å². The Morgan fingerprint density at radius 2 is 2.00 bits per heavy atom. The van der Waals surface area contributed by atoms with Crippen LogP contribution in [0, 0.1) is 11.3 Å². The fraction of sp³-hybridized carbons (Fsp3) is 0.188. The van der Waals surface area contributed by atoms with Gasteiger partial charge >= 0.3 is 0 Å². The van der Waals surface area contributed by atoms with Crippen molar-refractivity contribution in [3.8, 4) is 6.07 Å². The van der Waals surface area contributed by atoms with Gasteiger partial charge in [0.2, 0.25) is 10.0 Å². The highest BCUT2D eigenvalue weighted by Crippen LogP contribution is 2.12. The second kappa shape index (κ2) is 8.11. The average Bonchev–Trinajstić information content (AvgIpc) is 3.15. The Morgan fingerprint density at radius 1 is 1.22 bits per heavy atom. The molecule has 2 heterocycles. The van der Waals surface area contributed by atoms with Crippen LogP contribution in [0.5, 0.6) is 0 Å². The standard InChI is InChI=1S/C16H17N7O3S/c17-9-12-1-4-14(18-10-12)11-23-21-16(20-22-23)13-2-5-15(6-3-13)27(25,26)19-7-8-24/h1-6,10,19,22,24H,7-8,11H2,(H,20,21). The Hall–Kier alpha value is -3.04. The third kappa shape index (κ3) is 4.57. The minimum absolute atomic E-state index is 0.0411. The van der Waals surface area contributed by atoms with Crippen molar-refractivity contribution < 1.29 is 13.5 Å². The Bertz CT molecular complexity index is 967. The van der Waals surface area contributed by atoms with E-state index < -0.39 is 10.0 Å². The molecular weight excluding hydrogens is 370 g/mol. The summed E-state index contributed by atoms with van der Waals surface area (Å²) in [5, 5.41) is 23.4. The number of aromatic nitrogens is 1. The fourth-order valence-corrected chi connectivity index (χ4v) is 3.31. The summed E-state index contributed by atoms with van der Waals surface area (Å²) in [6.07, 6.45) is 1.49. The van der Waals surface area contributed by atoms with Crippen molar-refractivity contribution >= 4 is 15.9 Å². The van der Waals surface area contributed by atoms with Crippen molar-refractivity contribution in [2.75, 3.05) is 13.2 Å². The molecule has 1 aromatic carbocycles. The summed E-state index contributed by atoms with van der Waals surface area (Å²) < 4.78 is 26.3. The highest BCUT2D eigenvalue weighted by molar-refractivity contribution is 7.89. The molecule has 11 heteroatoms. The SMILES string of the molecule is N#Cc1ccc(CN2N=C(c3ccc(S(=O)(=O)NCCO)cc3)NN2)nc1. The van der Waals surface area contributed by atoms with E-state index in [-0.39, 0.29) is 18.0 Å². The van der Waals surface area contributed by atoms with Gasteiger partial charge in [0.05, 0.1) is 29.3 Å². The Morgan fingerprint density at radius 3 is 2.63 bits per heavy atom. The second-order valence-corrected chi connectivity index (χ2v) is 7.31. The third-order valence-corrected chi connectivity index (χ3v) is 5.11. The second-order valence-electron chi connectivity index (χ2n) is 5.54. The number of rotatable bonds is 7. The molecule has 10 nitrogen and oxygen atoms in total. The van der Waals surface area contributed by atoms with Gasteiger partial charge in [-0.2, -0.15) is 5.26 Å². The van der Waals surface area contributed by atoms with Crippen molar-refractivity contribution in [2.24, 2.45) is 5.10 Å². The molecule has 0 radical (unpaired) electrons. The zero-order valence-corrected chi connectivity index (χ0v) is 14.9. The topological polar surface area (TPSA) is 143 Å². The summed E-state index contributed by atoms with van der Waals surface area (Å²) in [5.74, 6) is 0.524. The number of sulfonamides is 1. The van der Waals surface area contributed by atoms with Gasteiger partial charge in [0, 0.05) is 18.3 Å². The molecule has 0 fully saturated rings. The molecule has 1 aliphatic heterocycles. The van der Waals surface area contributed by atoms with Gasteiger partial charge in [-0.3, -0.25) is 10.4 Å². The highest BCUT2D eigenvalue weighted by atomic mass is 32.2. The van der Waals surface area contributed by atoms with Crippen LogP contribution in [0.1, 0.15) is 16.8 Å². The summed E-state index contributed by atoms with van der Waals surface area (Å²) in [6.45, 7) is 0.0635. The van der Waals surface area contributed by atoms with Crippen molar-refractivity contribution in [2.45, 2.75) is 11.4 Å². The molecule has 0 atom stereocenters. The van der Waals surface area contributed by atoms with E-state index in [4.69, 9.17) is 10.4 Å². The van der Waals surface area contributed by atoms with E-state index >= 15 is 0 Å². The van der Waals surface area contributed by atoms with Gasteiger partial charge < -0.3 is 5.11 Å². The van der Waals surface area contributed by atoms with E-state index in [0.29, 0.717) is 23.5 Å². The van der Waals surface area contributed by atoms with Crippen molar-refractivity contribution in [3.63, 3.8) is 0 Å². The van der Waals surface area contributed by atoms with Gasteiger partial charge in [0.15, 0.2) is 5.84 Å². The highest BCUT2D eigenvalue weighted by Gasteiger charge is 2.17. The normalized spacial score (nSPS) is 13.8. The lowest BCUT2D eigenvalue weighted by atomic mass is 10.2. The van der Waals surface area contributed by atoms with Crippen LogP contribution in [0.2, 0.25) is 0 Å². The number of amidine groups is 1. The molecule has 140 valence electrons. The lowest BCUT2D eigenvalue weighted by molar-refractivity contribution is 0.194. The first-order valence-electron chi connectivity index (χ1n) is 7.95. The molecule has 0 saturated heterocycles. The summed E-state index contributed by atoms with van der Waals surface area (Å²) >= 11 is 0. The summed E-state index contributed by atoms with van der Waals surface area (Å²) in [7, 11) is -3.65. The first kappa shape index (κ1) is 18.7. The number of pyridine rings is 1. The maximum Gasteiger partial charge on any atom is 0.240 e. The van der Waals surface area contributed by atoms with E-state index in [1.165, 1.54) is 23.4 Å². The molecule has 2 aromatic rings. The number of hydrazone groups is 1. The number of hydrogen-bond acceptors (Lipinski definition) is 9. The number of benzene rings is 1. The number of aliphatic hydroxyl groups is 1. The maximum absolute atomic E-state index is 12.0. The molecule has 0 bridgehead atoms. The minimum atomic E-state index is -3.65. The summed E-state index contributed by atoms with van der Waals surface area (Å²) in [4.78, 5) is 4.28. The predicted octanol–water partition coefficient (Wildman–Crippen LogP) is -0.590. The van der Waals surface area contributed by atoms with Crippen LogP contribution in [0.4, 0.5) is 0 Å². The first-order chi connectivity index (χ1) is 13.0. The zero-order valence-electron chi connectivity index (χ0n) is 14.1. The predicted molar refractivity (Wildman–Crippen MR) is 96.0 cm³/mol. The number of nitrogens with zero attached hydrogens (tertiary/aromatic N) is 4. The van der Waals surface area contributed by atoms with E-state index in [1.54, 1.807) is 24.3 Å². The maximum atomic E-state index is 12.0. The van der Waals surface area contributed by atoms with Gasteiger partial charge in [-0.25, -0.2) is 18.3 Å².